The van der Waals surface area contributed by atoms with Crippen molar-refractivity contribution in [1.82, 2.24) is 14.5 Å². The molecular formula is C28H27ClN4O4S. The van der Waals surface area contributed by atoms with Crippen LogP contribution in [0, 0.1) is 0 Å². The lowest BCUT2D eigenvalue weighted by Gasteiger charge is -2.24. The first-order chi connectivity index (χ1) is 18.5. The van der Waals surface area contributed by atoms with Gasteiger partial charge in [0.25, 0.3) is 5.91 Å². The van der Waals surface area contributed by atoms with Crippen molar-refractivity contribution in [2.24, 2.45) is 0 Å². The molecule has 1 saturated heterocycles. The highest BCUT2D eigenvalue weighted by atomic mass is 35.5. The van der Waals surface area contributed by atoms with Crippen LogP contribution in [0.25, 0.3) is 16.9 Å². The van der Waals surface area contributed by atoms with Crippen molar-refractivity contribution >= 4 is 40.7 Å². The average Bonchev–Trinajstić information content (AvgIpc) is 3.71. The van der Waals surface area contributed by atoms with E-state index < -0.39 is 0 Å². The lowest BCUT2D eigenvalue weighted by Crippen LogP contribution is -2.42. The minimum absolute atomic E-state index is 0.0815. The van der Waals surface area contributed by atoms with Crippen molar-refractivity contribution in [3.63, 3.8) is 0 Å². The lowest BCUT2D eigenvalue weighted by molar-refractivity contribution is -0.117. The number of hydrogen-bond donors (Lipinski definition) is 1. The highest BCUT2D eigenvalue weighted by molar-refractivity contribution is 7.12. The fraction of sp³-hybridized carbons (Fsp3) is 0.250. The standard InChI is InChI=1S/C28H27ClN4O4S/c1-36-22-6-2-5-21(15-22)33-17-24(19-9-11-20(29)12-10-19)30-28(33)31-26(34)18-32(16-23-7-3-13-37-23)27(35)25-8-4-14-38-25/h2,4-6,8-12,14-15,17,23H,3,7,13,16,18H2,1H3,(H,30,31,34). The molecule has 196 valence electrons. The van der Waals surface area contributed by atoms with E-state index in [0.717, 1.165) is 24.1 Å². The number of ether oxygens (including phenoxy) is 2. The van der Waals surface area contributed by atoms with Crippen LogP contribution in [-0.2, 0) is 9.53 Å². The van der Waals surface area contributed by atoms with E-state index in [4.69, 9.17) is 26.1 Å². The maximum absolute atomic E-state index is 13.3. The molecule has 10 heteroatoms. The highest BCUT2D eigenvalue weighted by Gasteiger charge is 2.26. The first kappa shape index (κ1) is 26.0. The van der Waals surface area contributed by atoms with E-state index in [1.54, 1.807) is 34.8 Å². The number of aromatic nitrogens is 2. The van der Waals surface area contributed by atoms with Crippen molar-refractivity contribution in [3.05, 3.63) is 82.1 Å². The SMILES string of the molecule is COc1cccc(-n2cc(-c3ccc(Cl)cc3)nc2NC(=O)CN(CC2CCCO2)C(=O)c2cccs2)c1. The van der Waals surface area contributed by atoms with E-state index in [1.165, 1.54) is 11.3 Å². The summed E-state index contributed by atoms with van der Waals surface area (Å²) in [7, 11) is 1.60. The molecule has 3 heterocycles. The molecule has 0 spiro atoms. The largest absolute Gasteiger partial charge is 0.497 e. The summed E-state index contributed by atoms with van der Waals surface area (Å²) in [5.74, 6) is 0.452. The predicted octanol–water partition coefficient (Wildman–Crippen LogP) is 5.52. The number of carbonyl (C=O) groups excluding carboxylic acids is 2. The van der Waals surface area contributed by atoms with Crippen LogP contribution < -0.4 is 10.1 Å². The van der Waals surface area contributed by atoms with Crippen LogP contribution >= 0.6 is 22.9 Å². The van der Waals surface area contributed by atoms with Crippen molar-refractivity contribution in [1.29, 1.82) is 0 Å². The molecule has 1 atom stereocenters. The third-order valence-corrected chi connectivity index (χ3v) is 7.34. The summed E-state index contributed by atoms with van der Waals surface area (Å²) in [5, 5.41) is 5.39. The Labute approximate surface area is 229 Å². The minimum atomic E-state index is -0.356. The van der Waals surface area contributed by atoms with Gasteiger partial charge in [-0.25, -0.2) is 4.98 Å². The van der Waals surface area contributed by atoms with Gasteiger partial charge >= 0.3 is 0 Å². The van der Waals surface area contributed by atoms with Gasteiger partial charge in [-0.3, -0.25) is 19.5 Å². The molecule has 2 aromatic carbocycles. The molecule has 1 unspecified atom stereocenters. The number of benzene rings is 2. The molecule has 0 radical (unpaired) electrons. The van der Waals surface area contributed by atoms with Gasteiger partial charge in [0.1, 0.15) is 12.3 Å². The van der Waals surface area contributed by atoms with Gasteiger partial charge in [0.2, 0.25) is 11.9 Å². The second kappa shape index (κ2) is 11.8. The number of nitrogens with one attached hydrogen (secondary N) is 1. The van der Waals surface area contributed by atoms with E-state index in [9.17, 15) is 9.59 Å². The third kappa shape index (κ3) is 6.07. The van der Waals surface area contributed by atoms with Crippen LogP contribution in [0.4, 0.5) is 5.95 Å². The van der Waals surface area contributed by atoms with Crippen molar-refractivity contribution in [2.45, 2.75) is 18.9 Å². The zero-order valence-corrected chi connectivity index (χ0v) is 22.4. The van der Waals surface area contributed by atoms with Crippen molar-refractivity contribution in [2.75, 3.05) is 32.1 Å². The summed E-state index contributed by atoms with van der Waals surface area (Å²) in [4.78, 5) is 33.4. The summed E-state index contributed by atoms with van der Waals surface area (Å²) in [6.45, 7) is 0.895. The molecule has 0 bridgehead atoms. The number of imidazole rings is 1. The smallest absolute Gasteiger partial charge is 0.264 e. The number of methoxy groups -OCH3 is 1. The molecule has 1 aliphatic heterocycles. The molecule has 1 fully saturated rings. The molecule has 38 heavy (non-hydrogen) atoms. The summed E-state index contributed by atoms with van der Waals surface area (Å²) in [5.41, 5.74) is 2.27. The Hall–Kier alpha value is -3.66. The summed E-state index contributed by atoms with van der Waals surface area (Å²) in [6, 6.07) is 18.4. The number of carbonyl (C=O) groups is 2. The Morgan fingerprint density at radius 3 is 2.76 bits per heavy atom. The van der Waals surface area contributed by atoms with Crippen LogP contribution in [0.15, 0.2) is 72.2 Å². The number of thiophene rings is 1. The van der Waals surface area contributed by atoms with Crippen LogP contribution in [0.3, 0.4) is 0 Å². The number of hydrogen-bond acceptors (Lipinski definition) is 6. The Morgan fingerprint density at radius 1 is 1.21 bits per heavy atom. The quantitative estimate of drug-likeness (QED) is 0.296. The predicted molar refractivity (Wildman–Crippen MR) is 148 cm³/mol. The van der Waals surface area contributed by atoms with Crippen LogP contribution in [0.5, 0.6) is 5.75 Å². The first-order valence-electron chi connectivity index (χ1n) is 12.2. The molecule has 0 aliphatic carbocycles. The van der Waals surface area contributed by atoms with Crippen LogP contribution in [0.2, 0.25) is 5.02 Å². The lowest BCUT2D eigenvalue weighted by atomic mass is 10.2. The minimum Gasteiger partial charge on any atom is -0.497 e. The van der Waals surface area contributed by atoms with Gasteiger partial charge in [-0.15, -0.1) is 11.3 Å². The van der Waals surface area contributed by atoms with Crippen molar-refractivity contribution in [3.8, 4) is 22.7 Å². The van der Waals surface area contributed by atoms with E-state index in [0.29, 0.717) is 40.4 Å². The van der Waals surface area contributed by atoms with E-state index in [-0.39, 0.29) is 24.5 Å². The van der Waals surface area contributed by atoms with Gasteiger partial charge in [0, 0.05) is 36.0 Å². The molecule has 2 aromatic heterocycles. The molecule has 1 aliphatic rings. The number of rotatable bonds is 9. The third-order valence-electron chi connectivity index (χ3n) is 6.23. The molecular weight excluding hydrogens is 524 g/mol. The summed E-state index contributed by atoms with van der Waals surface area (Å²) in [6.07, 6.45) is 3.57. The Bertz CT molecular complexity index is 1400. The molecule has 5 rings (SSSR count). The number of amides is 2. The van der Waals surface area contributed by atoms with Gasteiger partial charge in [0.15, 0.2) is 0 Å². The van der Waals surface area contributed by atoms with Crippen molar-refractivity contribution < 1.29 is 19.1 Å². The fourth-order valence-electron chi connectivity index (χ4n) is 4.33. The normalized spacial score (nSPS) is 14.8. The van der Waals surface area contributed by atoms with Gasteiger partial charge in [-0.05, 0) is 48.6 Å². The maximum atomic E-state index is 13.3. The monoisotopic (exact) mass is 550 g/mol. The van der Waals surface area contributed by atoms with Gasteiger partial charge in [0.05, 0.1) is 29.5 Å². The van der Waals surface area contributed by atoms with E-state index >= 15 is 0 Å². The molecule has 4 aromatic rings. The van der Waals surface area contributed by atoms with Gasteiger partial charge in [-0.2, -0.15) is 0 Å². The maximum Gasteiger partial charge on any atom is 0.264 e. The average molecular weight is 551 g/mol. The fourth-order valence-corrected chi connectivity index (χ4v) is 5.15. The zero-order chi connectivity index (χ0) is 26.5. The Balaban J connectivity index is 1.42. The van der Waals surface area contributed by atoms with Crippen LogP contribution in [-0.4, -0.2) is 59.2 Å². The molecule has 0 saturated carbocycles. The number of nitrogens with zero attached hydrogens (tertiary/aromatic N) is 3. The van der Waals surface area contributed by atoms with Gasteiger partial charge in [-0.1, -0.05) is 35.9 Å². The topological polar surface area (TPSA) is 85.7 Å². The summed E-state index contributed by atoms with van der Waals surface area (Å²) >= 11 is 7.42. The molecule has 8 nitrogen and oxygen atoms in total. The first-order valence-corrected chi connectivity index (χ1v) is 13.5. The second-order valence-electron chi connectivity index (χ2n) is 8.87. The zero-order valence-electron chi connectivity index (χ0n) is 20.8. The number of halogens is 1. The molecule has 1 N–H and O–H groups in total. The summed E-state index contributed by atoms with van der Waals surface area (Å²) < 4.78 is 12.9. The van der Waals surface area contributed by atoms with E-state index in [1.807, 2.05) is 54.0 Å². The second-order valence-corrected chi connectivity index (χ2v) is 10.3. The van der Waals surface area contributed by atoms with Gasteiger partial charge < -0.3 is 14.4 Å². The Kier molecular flexibility index (Phi) is 8.07. The Morgan fingerprint density at radius 2 is 2.05 bits per heavy atom. The molecule has 2 amide bonds. The van der Waals surface area contributed by atoms with E-state index in [2.05, 4.69) is 5.32 Å². The highest BCUT2D eigenvalue weighted by Crippen LogP contribution is 2.27. The van der Waals surface area contributed by atoms with Crippen LogP contribution in [0.1, 0.15) is 22.5 Å². The number of anilines is 1.